The molecule has 31 heavy (non-hydrogen) atoms. The molecule has 2 amide bonds. The van der Waals surface area contributed by atoms with Gasteiger partial charge in [0.1, 0.15) is 11.5 Å². The minimum absolute atomic E-state index is 0.0168. The van der Waals surface area contributed by atoms with Gasteiger partial charge in [0.05, 0.1) is 25.3 Å². The van der Waals surface area contributed by atoms with Gasteiger partial charge in [0, 0.05) is 11.3 Å². The Kier molecular flexibility index (Phi) is 5.89. The van der Waals surface area contributed by atoms with E-state index >= 15 is 0 Å². The van der Waals surface area contributed by atoms with Crippen LogP contribution in [0.3, 0.4) is 0 Å². The number of methoxy groups -OCH3 is 1. The lowest BCUT2D eigenvalue weighted by molar-refractivity contribution is -0.135. The molecule has 0 unspecified atom stereocenters. The van der Waals surface area contributed by atoms with E-state index < -0.39 is 0 Å². The Bertz CT molecular complexity index is 1100. The van der Waals surface area contributed by atoms with Gasteiger partial charge in [0.15, 0.2) is 6.61 Å². The standard InChI is InChI=1S/C25H24N2O4/c1-17(18-8-4-3-5-9-18)27-15-19-14-20(12-13-22(19)31-16-24(27)28)26-25(29)21-10-6-7-11-23(21)30-2/h3-14,17H,15-16H2,1-2H3,(H,26,29)/t17-/m0/s1. The third kappa shape index (κ3) is 4.38. The molecule has 0 spiro atoms. The van der Waals surface area contributed by atoms with Crippen molar-refractivity contribution in [3.63, 3.8) is 0 Å². The molecule has 0 saturated carbocycles. The highest BCUT2D eigenvalue weighted by Crippen LogP contribution is 2.31. The molecule has 6 nitrogen and oxygen atoms in total. The summed E-state index contributed by atoms with van der Waals surface area (Å²) in [4.78, 5) is 27.3. The number of nitrogens with zero attached hydrogens (tertiary/aromatic N) is 1. The normalized spacial score (nSPS) is 14.1. The summed E-state index contributed by atoms with van der Waals surface area (Å²) >= 11 is 0. The second-order valence-corrected chi connectivity index (χ2v) is 7.37. The number of carbonyl (C=O) groups excluding carboxylic acids is 2. The van der Waals surface area contributed by atoms with Crippen LogP contribution < -0.4 is 14.8 Å². The van der Waals surface area contributed by atoms with Crippen LogP contribution in [0.4, 0.5) is 5.69 Å². The Hall–Kier alpha value is -3.80. The minimum Gasteiger partial charge on any atom is -0.496 e. The van der Waals surface area contributed by atoms with E-state index in [1.54, 1.807) is 35.2 Å². The van der Waals surface area contributed by atoms with Crippen LogP contribution in [0.2, 0.25) is 0 Å². The van der Waals surface area contributed by atoms with Crippen molar-refractivity contribution in [2.75, 3.05) is 19.0 Å². The Morgan fingerprint density at radius 3 is 2.58 bits per heavy atom. The van der Waals surface area contributed by atoms with Crippen LogP contribution in [0.5, 0.6) is 11.5 Å². The predicted octanol–water partition coefficient (Wildman–Crippen LogP) is 4.43. The van der Waals surface area contributed by atoms with Crippen molar-refractivity contribution >= 4 is 17.5 Å². The molecular weight excluding hydrogens is 392 g/mol. The van der Waals surface area contributed by atoms with Crippen LogP contribution in [0.25, 0.3) is 0 Å². The fourth-order valence-electron chi connectivity index (χ4n) is 3.71. The van der Waals surface area contributed by atoms with Crippen molar-refractivity contribution in [2.45, 2.75) is 19.5 Å². The van der Waals surface area contributed by atoms with Crippen molar-refractivity contribution in [3.05, 3.63) is 89.5 Å². The van der Waals surface area contributed by atoms with Crippen LogP contribution in [0, 0.1) is 0 Å². The Labute approximate surface area is 181 Å². The molecule has 0 aromatic heterocycles. The maximum atomic E-state index is 12.8. The van der Waals surface area contributed by atoms with Gasteiger partial charge in [-0.3, -0.25) is 9.59 Å². The van der Waals surface area contributed by atoms with Crippen molar-refractivity contribution in [2.24, 2.45) is 0 Å². The van der Waals surface area contributed by atoms with Crippen molar-refractivity contribution in [1.82, 2.24) is 4.90 Å². The summed E-state index contributed by atoms with van der Waals surface area (Å²) in [6.07, 6.45) is 0. The number of para-hydroxylation sites is 1. The Balaban J connectivity index is 1.58. The molecule has 1 atom stereocenters. The number of carbonyl (C=O) groups is 2. The summed E-state index contributed by atoms with van der Waals surface area (Å²) in [5.41, 5.74) is 2.97. The van der Waals surface area contributed by atoms with Crippen LogP contribution in [0.1, 0.15) is 34.5 Å². The number of ether oxygens (including phenoxy) is 2. The van der Waals surface area contributed by atoms with Gasteiger partial charge in [-0.1, -0.05) is 42.5 Å². The number of rotatable bonds is 5. The molecular formula is C25H24N2O4. The SMILES string of the molecule is COc1ccccc1C(=O)Nc1ccc2c(c1)CN([C@@H](C)c1ccccc1)C(=O)CO2. The monoisotopic (exact) mass is 416 g/mol. The first kappa shape index (κ1) is 20.5. The maximum Gasteiger partial charge on any atom is 0.261 e. The van der Waals surface area contributed by atoms with E-state index in [9.17, 15) is 9.59 Å². The minimum atomic E-state index is -0.266. The summed E-state index contributed by atoms with van der Waals surface area (Å²) in [6.45, 7) is 2.38. The summed E-state index contributed by atoms with van der Waals surface area (Å²) < 4.78 is 11.0. The molecule has 3 aromatic carbocycles. The summed E-state index contributed by atoms with van der Waals surface area (Å²) in [6, 6.07) is 22.3. The van der Waals surface area contributed by atoms with Crippen molar-refractivity contribution in [3.8, 4) is 11.5 Å². The molecule has 0 bridgehead atoms. The molecule has 0 radical (unpaired) electrons. The van der Waals surface area contributed by atoms with E-state index in [1.807, 2.05) is 49.4 Å². The van der Waals surface area contributed by atoms with E-state index in [0.717, 1.165) is 11.1 Å². The maximum absolute atomic E-state index is 12.8. The average molecular weight is 416 g/mol. The van der Waals surface area contributed by atoms with Crippen LogP contribution in [0.15, 0.2) is 72.8 Å². The van der Waals surface area contributed by atoms with Gasteiger partial charge in [-0.05, 0) is 42.8 Å². The number of hydrogen-bond acceptors (Lipinski definition) is 4. The van der Waals surface area contributed by atoms with Crippen molar-refractivity contribution in [1.29, 1.82) is 0 Å². The zero-order valence-electron chi connectivity index (χ0n) is 17.5. The second kappa shape index (κ2) is 8.92. The number of fused-ring (bicyclic) bond motifs is 1. The lowest BCUT2D eigenvalue weighted by atomic mass is 10.1. The molecule has 158 valence electrons. The highest BCUT2D eigenvalue weighted by atomic mass is 16.5. The first-order valence-corrected chi connectivity index (χ1v) is 10.1. The van der Waals surface area contributed by atoms with Gasteiger partial charge >= 0.3 is 0 Å². The van der Waals surface area contributed by atoms with Crippen molar-refractivity contribution < 1.29 is 19.1 Å². The zero-order chi connectivity index (χ0) is 21.8. The number of benzene rings is 3. The van der Waals surface area contributed by atoms with Gasteiger partial charge in [0.25, 0.3) is 11.8 Å². The Morgan fingerprint density at radius 1 is 1.06 bits per heavy atom. The summed E-state index contributed by atoms with van der Waals surface area (Å²) in [7, 11) is 1.53. The topological polar surface area (TPSA) is 67.9 Å². The zero-order valence-corrected chi connectivity index (χ0v) is 17.5. The largest absolute Gasteiger partial charge is 0.496 e. The fourth-order valence-corrected chi connectivity index (χ4v) is 3.71. The first-order valence-electron chi connectivity index (χ1n) is 10.1. The molecule has 1 N–H and O–H groups in total. The lowest BCUT2D eigenvalue weighted by Gasteiger charge is -2.28. The fraction of sp³-hybridized carbons (Fsp3) is 0.200. The van der Waals surface area contributed by atoms with E-state index in [1.165, 1.54) is 7.11 Å². The smallest absolute Gasteiger partial charge is 0.261 e. The third-order valence-electron chi connectivity index (χ3n) is 5.43. The molecule has 6 heteroatoms. The van der Waals surface area contributed by atoms with E-state index in [-0.39, 0.29) is 24.5 Å². The second-order valence-electron chi connectivity index (χ2n) is 7.37. The van der Waals surface area contributed by atoms with E-state index in [2.05, 4.69) is 5.32 Å². The number of hydrogen-bond donors (Lipinski definition) is 1. The highest BCUT2D eigenvalue weighted by Gasteiger charge is 2.27. The molecule has 0 fully saturated rings. The van der Waals surface area contributed by atoms with Gasteiger partial charge in [-0.2, -0.15) is 0 Å². The Morgan fingerprint density at radius 2 is 1.81 bits per heavy atom. The molecule has 0 aliphatic carbocycles. The number of amides is 2. The first-order chi connectivity index (χ1) is 15.1. The van der Waals surface area contributed by atoms with E-state index in [4.69, 9.17) is 9.47 Å². The number of anilines is 1. The summed E-state index contributed by atoms with van der Waals surface area (Å²) in [5.74, 6) is 0.808. The highest BCUT2D eigenvalue weighted by molar-refractivity contribution is 6.06. The molecule has 1 heterocycles. The molecule has 1 aliphatic rings. The van der Waals surface area contributed by atoms with Crippen LogP contribution in [-0.4, -0.2) is 30.4 Å². The van der Waals surface area contributed by atoms with Crippen LogP contribution in [-0.2, 0) is 11.3 Å². The van der Waals surface area contributed by atoms with Crippen LogP contribution >= 0.6 is 0 Å². The molecule has 0 saturated heterocycles. The molecule has 1 aliphatic heterocycles. The lowest BCUT2D eigenvalue weighted by Crippen LogP contribution is -2.34. The van der Waals surface area contributed by atoms with Gasteiger partial charge < -0.3 is 19.7 Å². The van der Waals surface area contributed by atoms with Gasteiger partial charge in [-0.25, -0.2) is 0 Å². The molecule has 4 rings (SSSR count). The third-order valence-corrected chi connectivity index (χ3v) is 5.43. The number of nitrogens with one attached hydrogen (secondary N) is 1. The quantitative estimate of drug-likeness (QED) is 0.668. The van der Waals surface area contributed by atoms with Gasteiger partial charge in [-0.15, -0.1) is 0 Å². The van der Waals surface area contributed by atoms with E-state index in [0.29, 0.717) is 29.3 Å². The van der Waals surface area contributed by atoms with Gasteiger partial charge in [0.2, 0.25) is 0 Å². The predicted molar refractivity (Wildman–Crippen MR) is 118 cm³/mol. The average Bonchev–Trinajstić information content (AvgIpc) is 2.97. The summed E-state index contributed by atoms with van der Waals surface area (Å²) in [5, 5.41) is 2.91. The molecule has 3 aromatic rings.